The Bertz CT molecular complexity index is 419. The van der Waals surface area contributed by atoms with Gasteiger partial charge in [-0.1, -0.05) is 12.2 Å². The minimum Gasteiger partial charge on any atom is -0.508 e. The second kappa shape index (κ2) is 3.18. The molecular weight excluding hydrogens is 180 g/mol. The smallest absolute Gasteiger partial charge is 0.338 e. The highest BCUT2D eigenvalue weighted by Crippen LogP contribution is 2.28. The van der Waals surface area contributed by atoms with Gasteiger partial charge in [0, 0.05) is 0 Å². The van der Waals surface area contributed by atoms with E-state index in [4.69, 9.17) is 0 Å². The lowest BCUT2D eigenvalue weighted by molar-refractivity contribution is 0.0600. The highest BCUT2D eigenvalue weighted by molar-refractivity contribution is 5.95. The van der Waals surface area contributed by atoms with Crippen LogP contribution in [-0.4, -0.2) is 18.2 Å². The van der Waals surface area contributed by atoms with Crippen molar-refractivity contribution in [3.8, 4) is 5.75 Å². The van der Waals surface area contributed by atoms with Crippen LogP contribution in [-0.2, 0) is 11.2 Å². The number of allylic oxidation sites excluding steroid dienone is 1. The van der Waals surface area contributed by atoms with Crippen LogP contribution < -0.4 is 0 Å². The van der Waals surface area contributed by atoms with Gasteiger partial charge in [0.15, 0.2) is 0 Å². The Morgan fingerprint density at radius 2 is 2.29 bits per heavy atom. The first-order valence-electron chi connectivity index (χ1n) is 4.33. The monoisotopic (exact) mass is 190 g/mol. The molecule has 0 spiro atoms. The molecule has 0 radical (unpaired) electrons. The van der Waals surface area contributed by atoms with Crippen LogP contribution in [0.25, 0.3) is 6.08 Å². The molecule has 1 aliphatic rings. The largest absolute Gasteiger partial charge is 0.508 e. The number of esters is 1. The van der Waals surface area contributed by atoms with E-state index < -0.39 is 5.97 Å². The van der Waals surface area contributed by atoms with Gasteiger partial charge in [-0.05, 0) is 29.7 Å². The minimum absolute atomic E-state index is 0.104. The zero-order valence-electron chi connectivity index (χ0n) is 7.78. The predicted octanol–water partition coefficient (Wildman–Crippen LogP) is 1.75. The molecule has 1 N–H and O–H groups in total. The fourth-order valence-electron chi connectivity index (χ4n) is 1.64. The maximum Gasteiger partial charge on any atom is 0.338 e. The van der Waals surface area contributed by atoms with Crippen molar-refractivity contribution < 1.29 is 14.6 Å². The Kier molecular flexibility index (Phi) is 2.00. The van der Waals surface area contributed by atoms with E-state index in [2.05, 4.69) is 4.74 Å². The molecule has 0 heterocycles. The summed E-state index contributed by atoms with van der Waals surface area (Å²) in [5.74, 6) is -0.309. The van der Waals surface area contributed by atoms with Crippen molar-refractivity contribution in [3.63, 3.8) is 0 Å². The Labute approximate surface area is 81.6 Å². The van der Waals surface area contributed by atoms with Gasteiger partial charge in [0.05, 0.1) is 12.7 Å². The van der Waals surface area contributed by atoms with Gasteiger partial charge in [-0.3, -0.25) is 0 Å². The molecule has 3 nitrogen and oxygen atoms in total. The third-order valence-electron chi connectivity index (χ3n) is 2.28. The van der Waals surface area contributed by atoms with E-state index in [9.17, 15) is 9.90 Å². The van der Waals surface area contributed by atoms with E-state index in [0.717, 1.165) is 17.5 Å². The normalized spacial score (nSPS) is 12.6. The molecule has 0 atom stereocenters. The number of hydrogen-bond acceptors (Lipinski definition) is 3. The molecule has 14 heavy (non-hydrogen) atoms. The van der Waals surface area contributed by atoms with Crippen molar-refractivity contribution in [1.82, 2.24) is 0 Å². The first-order valence-corrected chi connectivity index (χ1v) is 4.33. The van der Waals surface area contributed by atoms with Crippen LogP contribution in [0.1, 0.15) is 21.5 Å². The Morgan fingerprint density at radius 3 is 3.00 bits per heavy atom. The molecule has 0 unspecified atom stereocenters. The summed E-state index contributed by atoms with van der Waals surface area (Å²) in [5, 5.41) is 9.39. The summed E-state index contributed by atoms with van der Waals surface area (Å²) in [5.41, 5.74) is 2.25. The number of fused-ring (bicyclic) bond motifs is 1. The van der Waals surface area contributed by atoms with Crippen molar-refractivity contribution >= 4 is 12.0 Å². The molecule has 72 valence electrons. The van der Waals surface area contributed by atoms with Gasteiger partial charge in [-0.25, -0.2) is 4.79 Å². The van der Waals surface area contributed by atoms with E-state index in [1.54, 1.807) is 6.07 Å². The maximum atomic E-state index is 11.4. The third-order valence-corrected chi connectivity index (χ3v) is 2.28. The summed E-state index contributed by atoms with van der Waals surface area (Å²) < 4.78 is 4.63. The van der Waals surface area contributed by atoms with Crippen molar-refractivity contribution in [2.45, 2.75) is 6.42 Å². The number of phenolic OH excluding ortho intramolecular Hbond substituents is 1. The first-order chi connectivity index (χ1) is 6.72. The highest BCUT2D eigenvalue weighted by Gasteiger charge is 2.17. The zero-order valence-corrected chi connectivity index (χ0v) is 7.78. The second-order valence-corrected chi connectivity index (χ2v) is 3.16. The number of aromatic hydroxyl groups is 1. The Hall–Kier alpha value is -1.77. The topological polar surface area (TPSA) is 46.5 Å². The average Bonchev–Trinajstić information content (AvgIpc) is 2.62. The molecule has 1 aromatic carbocycles. The predicted molar refractivity (Wildman–Crippen MR) is 52.2 cm³/mol. The average molecular weight is 190 g/mol. The van der Waals surface area contributed by atoms with E-state index in [0.29, 0.717) is 5.56 Å². The van der Waals surface area contributed by atoms with Crippen LogP contribution in [0, 0.1) is 0 Å². The molecular formula is C11H10O3. The van der Waals surface area contributed by atoms with E-state index in [-0.39, 0.29) is 5.75 Å². The Morgan fingerprint density at radius 1 is 1.50 bits per heavy atom. The fourth-order valence-corrected chi connectivity index (χ4v) is 1.64. The molecule has 2 rings (SSSR count). The number of rotatable bonds is 1. The van der Waals surface area contributed by atoms with Gasteiger partial charge < -0.3 is 9.84 Å². The lowest BCUT2D eigenvalue weighted by atomic mass is 10.0. The highest BCUT2D eigenvalue weighted by atomic mass is 16.5. The summed E-state index contributed by atoms with van der Waals surface area (Å²) in [4.78, 5) is 11.4. The van der Waals surface area contributed by atoms with Crippen LogP contribution in [0.5, 0.6) is 5.75 Å². The number of hydrogen-bond donors (Lipinski definition) is 1. The lowest BCUT2D eigenvalue weighted by Gasteiger charge is -2.06. The zero-order chi connectivity index (χ0) is 10.1. The van der Waals surface area contributed by atoms with E-state index >= 15 is 0 Å². The molecule has 0 amide bonds. The molecule has 0 bridgehead atoms. The van der Waals surface area contributed by atoms with Crippen molar-refractivity contribution in [2.75, 3.05) is 7.11 Å². The van der Waals surface area contributed by atoms with Crippen LogP contribution in [0.4, 0.5) is 0 Å². The summed E-state index contributed by atoms with van der Waals surface area (Å²) >= 11 is 0. The Balaban J connectivity index is 2.58. The number of benzene rings is 1. The van der Waals surface area contributed by atoms with Crippen LogP contribution in [0.2, 0.25) is 0 Å². The van der Waals surface area contributed by atoms with E-state index in [1.165, 1.54) is 13.2 Å². The lowest BCUT2D eigenvalue weighted by Crippen LogP contribution is -2.04. The molecule has 1 aliphatic carbocycles. The van der Waals surface area contributed by atoms with Gasteiger partial charge >= 0.3 is 5.97 Å². The SMILES string of the molecule is COC(=O)c1cc(O)cc2c1C=CC2. The molecule has 0 saturated carbocycles. The van der Waals surface area contributed by atoms with Gasteiger partial charge in [0.2, 0.25) is 0 Å². The molecule has 0 aliphatic heterocycles. The number of methoxy groups -OCH3 is 1. The van der Waals surface area contributed by atoms with Crippen LogP contribution in [0.3, 0.4) is 0 Å². The summed E-state index contributed by atoms with van der Waals surface area (Å²) in [6.07, 6.45) is 4.59. The standard InChI is InChI=1S/C11H10O3/c1-14-11(13)10-6-8(12)5-7-3-2-4-9(7)10/h2,4-6,12H,3H2,1H3. The van der Waals surface area contributed by atoms with Crippen LogP contribution in [0.15, 0.2) is 18.2 Å². The quantitative estimate of drug-likeness (QED) is 0.686. The second-order valence-electron chi connectivity index (χ2n) is 3.16. The molecule has 0 fully saturated rings. The van der Waals surface area contributed by atoms with Crippen LogP contribution >= 0.6 is 0 Å². The summed E-state index contributed by atoms with van der Waals surface area (Å²) in [6.45, 7) is 0. The number of carbonyl (C=O) groups is 1. The third kappa shape index (κ3) is 1.27. The minimum atomic E-state index is -0.413. The molecule has 1 aromatic rings. The van der Waals surface area contributed by atoms with Gasteiger partial charge in [0.1, 0.15) is 5.75 Å². The number of carbonyl (C=O) groups excluding carboxylic acids is 1. The van der Waals surface area contributed by atoms with Gasteiger partial charge in [-0.15, -0.1) is 0 Å². The molecule has 3 heteroatoms. The number of phenols is 1. The van der Waals surface area contributed by atoms with E-state index in [1.807, 2.05) is 12.2 Å². The van der Waals surface area contributed by atoms with Gasteiger partial charge in [-0.2, -0.15) is 0 Å². The maximum absolute atomic E-state index is 11.4. The molecule has 0 aromatic heterocycles. The van der Waals surface area contributed by atoms with Crippen molar-refractivity contribution in [2.24, 2.45) is 0 Å². The van der Waals surface area contributed by atoms with Crippen molar-refractivity contribution in [1.29, 1.82) is 0 Å². The summed E-state index contributed by atoms with van der Waals surface area (Å²) in [7, 11) is 1.33. The first kappa shape index (κ1) is 8.81. The number of ether oxygens (including phenoxy) is 1. The molecule has 0 saturated heterocycles. The van der Waals surface area contributed by atoms with Crippen molar-refractivity contribution in [3.05, 3.63) is 34.9 Å². The van der Waals surface area contributed by atoms with Gasteiger partial charge in [0.25, 0.3) is 0 Å². The summed E-state index contributed by atoms with van der Waals surface area (Å²) in [6, 6.07) is 3.10. The fraction of sp³-hybridized carbons (Fsp3) is 0.182.